The molecule has 1 fully saturated rings. The molecule has 1 saturated heterocycles. The van der Waals surface area contributed by atoms with Crippen LogP contribution in [0.15, 0.2) is 42.0 Å². The number of esters is 1. The van der Waals surface area contributed by atoms with Crippen LogP contribution in [-0.4, -0.2) is 82.2 Å². The van der Waals surface area contributed by atoms with Crippen molar-refractivity contribution in [2.75, 3.05) is 32.9 Å². The number of rotatable bonds is 9. The minimum Gasteiger partial charge on any atom is -0.490 e. The topological polar surface area (TPSA) is 94.6 Å². The Labute approximate surface area is 297 Å². The summed E-state index contributed by atoms with van der Waals surface area (Å²) in [5.41, 5.74) is 0.167. The second-order valence-electron chi connectivity index (χ2n) is 11.1. The zero-order valence-electron chi connectivity index (χ0n) is 25.4. The third-order valence-electron chi connectivity index (χ3n) is 7.62. The Kier molecular flexibility index (Phi) is 11.8. The minimum absolute atomic E-state index is 0.0524. The molecule has 2 aromatic rings. The first-order valence-corrected chi connectivity index (χ1v) is 16.5. The van der Waals surface area contributed by atoms with Crippen molar-refractivity contribution in [3.05, 3.63) is 62.6 Å². The lowest BCUT2D eigenvalue weighted by Crippen LogP contribution is -2.65. The summed E-state index contributed by atoms with van der Waals surface area (Å²) in [4.78, 5) is 42.6. The Balaban J connectivity index is 1.58. The molecule has 0 N–H and O–H groups in total. The highest BCUT2D eigenvalue weighted by Crippen LogP contribution is 2.43. The van der Waals surface area contributed by atoms with Gasteiger partial charge in [0.2, 0.25) is 9.70 Å². The standard InChI is InChI=1S/C31H32Cl6N2O7/c1-5-43-28(41)27-21(18-6-8-20(9-7-18)44-10-11-45-26-14-23(33)22(32)13-24(26)34)12-19-15-38(17(2)40)16-25(27)39(19)29(42)46-30(3,4)31(35,36)37/h6-9,13-14,19,25H,5,10-12,15-16H2,1-4H3. The number of hydrogen-bond acceptors (Lipinski definition) is 7. The van der Waals surface area contributed by atoms with Crippen molar-refractivity contribution in [3.8, 4) is 11.5 Å². The van der Waals surface area contributed by atoms with Crippen molar-refractivity contribution in [2.45, 2.75) is 55.6 Å². The van der Waals surface area contributed by atoms with Crippen LogP contribution < -0.4 is 9.47 Å². The number of carbonyl (C=O) groups is 3. The van der Waals surface area contributed by atoms with Crippen molar-refractivity contribution in [1.82, 2.24) is 9.80 Å². The fraction of sp³-hybridized carbons (Fsp3) is 0.452. The van der Waals surface area contributed by atoms with E-state index in [1.165, 1.54) is 37.8 Å². The molecule has 2 unspecified atom stereocenters. The molecule has 0 saturated carbocycles. The first-order chi connectivity index (χ1) is 21.5. The van der Waals surface area contributed by atoms with E-state index >= 15 is 0 Å². The van der Waals surface area contributed by atoms with Crippen molar-refractivity contribution in [2.24, 2.45) is 0 Å². The highest BCUT2D eigenvalue weighted by atomic mass is 35.6. The molecule has 2 bridgehead atoms. The molecule has 0 aliphatic carbocycles. The molecule has 2 atom stereocenters. The van der Waals surface area contributed by atoms with E-state index in [4.69, 9.17) is 88.6 Å². The van der Waals surface area contributed by atoms with Gasteiger partial charge in [-0.2, -0.15) is 0 Å². The van der Waals surface area contributed by atoms with Gasteiger partial charge in [0.1, 0.15) is 24.7 Å². The van der Waals surface area contributed by atoms with Gasteiger partial charge < -0.3 is 23.8 Å². The number of ether oxygens (including phenoxy) is 4. The lowest BCUT2D eigenvalue weighted by Gasteiger charge is -2.50. The van der Waals surface area contributed by atoms with E-state index in [2.05, 4.69) is 0 Å². The zero-order valence-corrected chi connectivity index (χ0v) is 29.9. The average Bonchev–Trinajstić information content (AvgIpc) is 2.96. The Hall–Kier alpha value is -2.27. The third-order valence-corrected chi connectivity index (χ3v) is 10.00. The van der Waals surface area contributed by atoms with E-state index in [-0.39, 0.29) is 50.8 Å². The molecule has 0 radical (unpaired) electrons. The number of amides is 2. The molecule has 2 amide bonds. The van der Waals surface area contributed by atoms with E-state index in [9.17, 15) is 14.4 Å². The van der Waals surface area contributed by atoms with E-state index in [0.717, 1.165) is 5.56 Å². The van der Waals surface area contributed by atoms with Gasteiger partial charge in [-0.1, -0.05) is 81.7 Å². The first kappa shape index (κ1) is 36.6. The maximum absolute atomic E-state index is 13.6. The first-order valence-electron chi connectivity index (χ1n) is 14.3. The summed E-state index contributed by atoms with van der Waals surface area (Å²) >= 11 is 36.4. The van der Waals surface area contributed by atoms with Crippen LogP contribution >= 0.6 is 69.6 Å². The van der Waals surface area contributed by atoms with Crippen molar-refractivity contribution >= 4 is 93.1 Å². The molecule has 46 heavy (non-hydrogen) atoms. The summed E-state index contributed by atoms with van der Waals surface area (Å²) in [6, 6.07) is 8.80. The average molecular weight is 757 g/mol. The molecule has 2 aliphatic rings. The molecule has 4 rings (SSSR count). The predicted molar refractivity (Wildman–Crippen MR) is 180 cm³/mol. The number of halogens is 6. The number of benzene rings is 2. The number of fused-ring (bicyclic) bond motifs is 2. The molecule has 2 aliphatic heterocycles. The molecule has 2 aromatic carbocycles. The van der Waals surface area contributed by atoms with Gasteiger partial charge in [-0.25, -0.2) is 9.59 Å². The van der Waals surface area contributed by atoms with Gasteiger partial charge in [0.25, 0.3) is 0 Å². The molecule has 250 valence electrons. The SMILES string of the molecule is CCOC(=O)C1=C(c2ccc(OCCOc3cc(Cl)c(Cl)cc3Cl)cc2)CC2CN(C(C)=O)CC1N2C(=O)OC(C)(C)C(Cl)(Cl)Cl. The maximum Gasteiger partial charge on any atom is 0.411 e. The van der Waals surface area contributed by atoms with Crippen molar-refractivity contribution in [3.63, 3.8) is 0 Å². The van der Waals surface area contributed by atoms with E-state index in [1.807, 2.05) is 12.1 Å². The van der Waals surface area contributed by atoms with E-state index in [1.54, 1.807) is 24.0 Å². The fourth-order valence-electron chi connectivity index (χ4n) is 5.19. The third kappa shape index (κ3) is 8.23. The summed E-state index contributed by atoms with van der Waals surface area (Å²) in [6.07, 6.45) is -0.542. The quantitative estimate of drug-likeness (QED) is 0.111. The van der Waals surface area contributed by atoms with Crippen LogP contribution in [0.25, 0.3) is 5.57 Å². The number of hydrogen-bond donors (Lipinski definition) is 0. The number of piperazine rings is 1. The fourth-order valence-corrected chi connectivity index (χ4v) is 5.90. The Morgan fingerprint density at radius 2 is 1.54 bits per heavy atom. The second kappa shape index (κ2) is 14.9. The molecule has 2 heterocycles. The summed E-state index contributed by atoms with van der Waals surface area (Å²) in [5, 5.41) is 0.974. The monoisotopic (exact) mass is 754 g/mol. The smallest absolute Gasteiger partial charge is 0.411 e. The van der Waals surface area contributed by atoms with Crippen LogP contribution in [0.2, 0.25) is 15.1 Å². The van der Waals surface area contributed by atoms with E-state index < -0.39 is 33.5 Å². The van der Waals surface area contributed by atoms with Crippen LogP contribution in [0.3, 0.4) is 0 Å². The summed E-state index contributed by atoms with van der Waals surface area (Å²) in [6.45, 7) is 6.86. The lowest BCUT2D eigenvalue weighted by molar-refractivity contribution is -0.142. The summed E-state index contributed by atoms with van der Waals surface area (Å²) in [7, 11) is 0. The lowest BCUT2D eigenvalue weighted by atomic mass is 9.82. The van der Waals surface area contributed by atoms with Crippen LogP contribution in [0.5, 0.6) is 11.5 Å². The largest absolute Gasteiger partial charge is 0.490 e. The van der Waals surface area contributed by atoms with Gasteiger partial charge in [0.05, 0.1) is 39.3 Å². The Morgan fingerprint density at radius 1 is 0.913 bits per heavy atom. The van der Waals surface area contributed by atoms with Gasteiger partial charge in [-0.05, 0) is 56.5 Å². The van der Waals surface area contributed by atoms with Gasteiger partial charge in [-0.3, -0.25) is 9.69 Å². The molecule has 15 heteroatoms. The van der Waals surface area contributed by atoms with Gasteiger partial charge in [0.15, 0.2) is 5.60 Å². The van der Waals surface area contributed by atoms with Crippen molar-refractivity contribution in [1.29, 1.82) is 0 Å². The van der Waals surface area contributed by atoms with Gasteiger partial charge >= 0.3 is 12.1 Å². The number of carbonyl (C=O) groups excluding carboxylic acids is 3. The van der Waals surface area contributed by atoms with Gasteiger partial charge in [-0.15, -0.1) is 0 Å². The van der Waals surface area contributed by atoms with Crippen LogP contribution in [0.4, 0.5) is 4.79 Å². The number of alkyl halides is 3. The highest BCUT2D eigenvalue weighted by molar-refractivity contribution is 6.68. The maximum atomic E-state index is 13.6. The van der Waals surface area contributed by atoms with Crippen LogP contribution in [-0.2, 0) is 19.1 Å². The van der Waals surface area contributed by atoms with Crippen LogP contribution in [0.1, 0.15) is 39.7 Å². The molecular formula is C31H32Cl6N2O7. The minimum atomic E-state index is -1.92. The second-order valence-corrected chi connectivity index (χ2v) is 14.6. The molecule has 0 spiro atoms. The molecular weight excluding hydrogens is 725 g/mol. The van der Waals surface area contributed by atoms with Gasteiger partial charge in [0, 0.05) is 26.1 Å². The summed E-state index contributed by atoms with van der Waals surface area (Å²) in [5.74, 6) is 0.142. The molecule has 0 aromatic heterocycles. The Morgan fingerprint density at radius 3 is 2.15 bits per heavy atom. The van der Waals surface area contributed by atoms with Crippen LogP contribution in [0, 0.1) is 0 Å². The number of nitrogens with zero attached hydrogens (tertiary/aromatic N) is 2. The normalized spacial score (nSPS) is 18.3. The van der Waals surface area contributed by atoms with E-state index in [0.29, 0.717) is 32.1 Å². The Bertz CT molecular complexity index is 1510. The predicted octanol–water partition coefficient (Wildman–Crippen LogP) is 8.01. The summed E-state index contributed by atoms with van der Waals surface area (Å²) < 4.78 is 20.7. The highest BCUT2D eigenvalue weighted by Gasteiger charge is 2.51. The zero-order chi connectivity index (χ0) is 34.0. The van der Waals surface area contributed by atoms with Crippen molar-refractivity contribution < 1.29 is 33.3 Å². The molecule has 9 nitrogen and oxygen atoms in total.